The minimum Gasteiger partial charge on any atom is -0.544 e. The van der Waals surface area contributed by atoms with Crippen LogP contribution in [0.25, 0.3) is 28.3 Å². The Kier molecular flexibility index (Phi) is 5.14. The van der Waals surface area contributed by atoms with Gasteiger partial charge in [-0.3, -0.25) is 0 Å². The summed E-state index contributed by atoms with van der Waals surface area (Å²) in [6.07, 6.45) is 1.55. The van der Waals surface area contributed by atoms with E-state index in [4.69, 9.17) is 16.0 Å². The summed E-state index contributed by atoms with van der Waals surface area (Å²) in [5.74, 6) is -1.04. The zero-order chi connectivity index (χ0) is 19.5. The predicted molar refractivity (Wildman–Crippen MR) is 108 cm³/mol. The van der Waals surface area contributed by atoms with Crippen molar-refractivity contribution in [2.75, 3.05) is 0 Å². The zero-order valence-corrected chi connectivity index (χ0v) is 15.9. The Bertz CT molecular complexity index is 1180. The standard InChI is InChI=1S/C21H13ClN2O3S/c22-16-10-8-14(9-11-16)19-23-24-21(27-19)28-18(20(25)26)12-15-6-3-5-13-4-1-2-7-17(13)15/h1-12H,(H,25,26)/p-1/b18-12-. The van der Waals surface area contributed by atoms with Crippen molar-refractivity contribution in [1.82, 2.24) is 10.2 Å². The Hall–Kier alpha value is -3.09. The monoisotopic (exact) mass is 407 g/mol. The van der Waals surface area contributed by atoms with E-state index in [1.165, 1.54) is 0 Å². The van der Waals surface area contributed by atoms with Crippen molar-refractivity contribution in [1.29, 1.82) is 0 Å². The lowest BCUT2D eigenvalue weighted by molar-refractivity contribution is -0.298. The number of carboxylic acids is 1. The maximum Gasteiger partial charge on any atom is 0.281 e. The molecule has 0 atom stereocenters. The smallest absolute Gasteiger partial charge is 0.281 e. The quantitative estimate of drug-likeness (QED) is 0.360. The number of benzene rings is 3. The fraction of sp³-hybridized carbons (Fsp3) is 0. The molecule has 28 heavy (non-hydrogen) atoms. The van der Waals surface area contributed by atoms with E-state index in [1.54, 1.807) is 30.3 Å². The van der Waals surface area contributed by atoms with E-state index in [9.17, 15) is 9.90 Å². The predicted octanol–water partition coefficient (Wildman–Crippen LogP) is 4.43. The van der Waals surface area contributed by atoms with Crippen LogP contribution in [0.15, 0.2) is 81.3 Å². The highest BCUT2D eigenvalue weighted by Gasteiger charge is 2.13. The zero-order valence-electron chi connectivity index (χ0n) is 14.3. The van der Waals surface area contributed by atoms with Gasteiger partial charge in [0.15, 0.2) is 0 Å². The van der Waals surface area contributed by atoms with E-state index in [2.05, 4.69) is 10.2 Å². The lowest BCUT2D eigenvalue weighted by Crippen LogP contribution is -2.23. The molecule has 0 aliphatic heterocycles. The molecule has 0 fully saturated rings. The number of rotatable bonds is 5. The van der Waals surface area contributed by atoms with Crippen molar-refractivity contribution in [2.24, 2.45) is 0 Å². The summed E-state index contributed by atoms with van der Waals surface area (Å²) in [4.78, 5) is 11.6. The van der Waals surface area contributed by atoms with Crippen LogP contribution in [0.1, 0.15) is 5.56 Å². The van der Waals surface area contributed by atoms with Crippen molar-refractivity contribution >= 4 is 46.2 Å². The van der Waals surface area contributed by atoms with Crippen LogP contribution >= 0.6 is 23.4 Å². The van der Waals surface area contributed by atoms with Crippen molar-refractivity contribution in [3.05, 3.63) is 82.2 Å². The summed E-state index contributed by atoms with van der Waals surface area (Å²) >= 11 is 6.73. The molecule has 0 saturated heterocycles. The summed E-state index contributed by atoms with van der Waals surface area (Å²) in [5.41, 5.74) is 1.46. The van der Waals surface area contributed by atoms with Gasteiger partial charge in [0.2, 0.25) is 5.89 Å². The number of fused-ring (bicyclic) bond motifs is 1. The van der Waals surface area contributed by atoms with Crippen LogP contribution in [-0.4, -0.2) is 16.2 Å². The molecule has 3 aromatic carbocycles. The van der Waals surface area contributed by atoms with Gasteiger partial charge < -0.3 is 14.3 Å². The number of carbonyl (C=O) groups is 1. The summed E-state index contributed by atoms with van der Waals surface area (Å²) in [6.45, 7) is 0. The number of carbonyl (C=O) groups excluding carboxylic acids is 1. The second kappa shape index (κ2) is 7.88. The average Bonchev–Trinajstić information content (AvgIpc) is 3.17. The highest BCUT2D eigenvalue weighted by Crippen LogP contribution is 2.31. The molecular formula is C21H12ClN2O3S-. The summed E-state index contributed by atoms with van der Waals surface area (Å²) in [7, 11) is 0. The normalized spacial score (nSPS) is 11.7. The first-order valence-electron chi connectivity index (χ1n) is 8.28. The number of aliphatic carboxylic acids is 1. The third-order valence-electron chi connectivity index (χ3n) is 4.01. The Labute approximate surface area is 169 Å². The van der Waals surface area contributed by atoms with Gasteiger partial charge in [-0.15, -0.1) is 10.2 Å². The molecule has 1 aromatic heterocycles. The fourth-order valence-electron chi connectivity index (χ4n) is 2.70. The van der Waals surface area contributed by atoms with Crippen molar-refractivity contribution < 1.29 is 14.3 Å². The highest BCUT2D eigenvalue weighted by molar-refractivity contribution is 8.03. The van der Waals surface area contributed by atoms with Crippen molar-refractivity contribution in [3.63, 3.8) is 0 Å². The van der Waals surface area contributed by atoms with Crippen LogP contribution < -0.4 is 5.11 Å². The largest absolute Gasteiger partial charge is 0.544 e. The maximum absolute atomic E-state index is 11.7. The number of halogens is 1. The van der Waals surface area contributed by atoms with Crippen molar-refractivity contribution in [2.45, 2.75) is 5.22 Å². The minimum atomic E-state index is -1.32. The topological polar surface area (TPSA) is 79.0 Å². The van der Waals surface area contributed by atoms with E-state index in [-0.39, 0.29) is 16.0 Å². The number of hydrogen-bond acceptors (Lipinski definition) is 6. The van der Waals surface area contributed by atoms with Gasteiger partial charge in [-0.25, -0.2) is 0 Å². The van der Waals surface area contributed by atoms with Gasteiger partial charge in [0.1, 0.15) is 0 Å². The fourth-order valence-corrected chi connectivity index (χ4v) is 3.49. The summed E-state index contributed by atoms with van der Waals surface area (Å²) in [5, 5.41) is 22.2. The lowest BCUT2D eigenvalue weighted by Gasteiger charge is -2.07. The van der Waals surface area contributed by atoms with Crippen LogP contribution in [0.2, 0.25) is 5.02 Å². The number of aromatic nitrogens is 2. The molecule has 4 aromatic rings. The molecule has 0 saturated carbocycles. The van der Waals surface area contributed by atoms with Gasteiger partial charge >= 0.3 is 0 Å². The van der Waals surface area contributed by atoms with Gasteiger partial charge in [-0.2, -0.15) is 0 Å². The molecule has 138 valence electrons. The molecule has 4 rings (SSSR count). The molecular weight excluding hydrogens is 396 g/mol. The minimum absolute atomic E-state index is 0.0253. The molecule has 0 spiro atoms. The SMILES string of the molecule is O=C([O-])/C(=C/c1cccc2ccccc12)Sc1nnc(-c2ccc(Cl)cc2)o1. The molecule has 1 heterocycles. The van der Waals surface area contributed by atoms with E-state index in [1.807, 2.05) is 42.5 Å². The first kappa shape index (κ1) is 18.3. The summed E-state index contributed by atoms with van der Waals surface area (Å²) in [6, 6.07) is 20.3. The third kappa shape index (κ3) is 3.93. The highest BCUT2D eigenvalue weighted by atomic mass is 35.5. The van der Waals surface area contributed by atoms with Gasteiger partial charge in [0, 0.05) is 15.5 Å². The molecule has 0 N–H and O–H groups in total. The molecule has 0 amide bonds. The molecule has 0 aliphatic carbocycles. The Balaban J connectivity index is 1.65. The van der Waals surface area contributed by atoms with Gasteiger partial charge in [0.25, 0.3) is 5.22 Å². The van der Waals surface area contributed by atoms with E-state index < -0.39 is 5.97 Å². The first-order chi connectivity index (χ1) is 13.6. The lowest BCUT2D eigenvalue weighted by atomic mass is 10.0. The van der Waals surface area contributed by atoms with Crippen LogP contribution in [0.5, 0.6) is 0 Å². The Morgan fingerprint density at radius 3 is 2.54 bits per heavy atom. The number of hydrogen-bond donors (Lipinski definition) is 0. The average molecular weight is 408 g/mol. The molecule has 0 bridgehead atoms. The Morgan fingerprint density at radius 2 is 1.75 bits per heavy atom. The van der Waals surface area contributed by atoms with E-state index >= 15 is 0 Å². The second-order valence-electron chi connectivity index (χ2n) is 5.85. The van der Waals surface area contributed by atoms with E-state index in [0.29, 0.717) is 10.6 Å². The molecule has 0 aliphatic rings. The van der Waals surface area contributed by atoms with Crippen LogP contribution in [-0.2, 0) is 4.79 Å². The number of thioether (sulfide) groups is 1. The number of nitrogens with zero attached hydrogens (tertiary/aromatic N) is 2. The van der Waals surface area contributed by atoms with Crippen LogP contribution in [0, 0.1) is 0 Å². The van der Waals surface area contributed by atoms with Crippen LogP contribution in [0.3, 0.4) is 0 Å². The van der Waals surface area contributed by atoms with Gasteiger partial charge in [0.05, 0.1) is 5.97 Å². The van der Waals surface area contributed by atoms with Crippen molar-refractivity contribution in [3.8, 4) is 11.5 Å². The Morgan fingerprint density at radius 1 is 1.00 bits per heavy atom. The van der Waals surface area contributed by atoms with Crippen LogP contribution in [0.4, 0.5) is 0 Å². The molecule has 5 nitrogen and oxygen atoms in total. The van der Waals surface area contributed by atoms with Gasteiger partial charge in [-0.05, 0) is 58.4 Å². The second-order valence-corrected chi connectivity index (χ2v) is 7.28. The van der Waals surface area contributed by atoms with Gasteiger partial charge in [-0.1, -0.05) is 54.1 Å². The maximum atomic E-state index is 11.7. The number of carboxylic acid groups (broad SMARTS) is 1. The summed E-state index contributed by atoms with van der Waals surface area (Å²) < 4.78 is 5.58. The molecule has 7 heteroatoms. The molecule has 0 unspecified atom stereocenters. The van der Waals surface area contributed by atoms with E-state index in [0.717, 1.165) is 28.1 Å². The third-order valence-corrected chi connectivity index (χ3v) is 5.10. The molecule has 0 radical (unpaired) electrons. The first-order valence-corrected chi connectivity index (χ1v) is 9.48.